The van der Waals surface area contributed by atoms with Gasteiger partial charge in [-0.1, -0.05) is 29.8 Å². The number of aromatic nitrogens is 5. The van der Waals surface area contributed by atoms with E-state index in [9.17, 15) is 18.0 Å². The van der Waals surface area contributed by atoms with Crippen LogP contribution in [0.15, 0.2) is 53.6 Å². The van der Waals surface area contributed by atoms with E-state index < -0.39 is 29.3 Å². The summed E-state index contributed by atoms with van der Waals surface area (Å²) in [6.07, 6.45) is -2.77. The van der Waals surface area contributed by atoms with Crippen molar-refractivity contribution in [1.82, 2.24) is 23.9 Å². The molecule has 160 valence electrons. The molecule has 1 unspecified atom stereocenters. The lowest BCUT2D eigenvalue weighted by atomic mass is 10.2. The molecule has 0 radical (unpaired) electrons. The molecule has 4 rings (SSSR count). The van der Waals surface area contributed by atoms with E-state index in [0.29, 0.717) is 17.6 Å². The molecule has 1 aromatic carbocycles. The van der Waals surface area contributed by atoms with E-state index in [1.54, 1.807) is 43.3 Å². The number of imidazole rings is 1. The maximum atomic E-state index is 13.4. The third-order valence-corrected chi connectivity index (χ3v) is 4.85. The zero-order chi connectivity index (χ0) is 22.3. The quantitative estimate of drug-likeness (QED) is 0.492. The van der Waals surface area contributed by atoms with Crippen molar-refractivity contribution in [1.29, 1.82) is 0 Å². The Hall–Kier alpha value is -3.60. The van der Waals surface area contributed by atoms with Crippen molar-refractivity contribution in [3.05, 3.63) is 75.7 Å². The normalized spacial score (nSPS) is 12.8. The number of hydrogen-bond acceptors (Lipinski definition) is 6. The summed E-state index contributed by atoms with van der Waals surface area (Å²) in [6.45, 7) is 1.59. The van der Waals surface area contributed by atoms with Gasteiger partial charge in [0.2, 0.25) is 5.95 Å². The molecule has 0 aliphatic carbocycles. The van der Waals surface area contributed by atoms with Crippen molar-refractivity contribution in [2.24, 2.45) is 0 Å². The predicted octanol–water partition coefficient (Wildman–Crippen LogP) is 3.70. The molecule has 31 heavy (non-hydrogen) atoms. The number of alkyl halides is 3. The first kappa shape index (κ1) is 20.7. The lowest BCUT2D eigenvalue weighted by molar-refractivity contribution is -0.137. The molecule has 0 aliphatic heterocycles. The van der Waals surface area contributed by atoms with Crippen LogP contribution in [0.25, 0.3) is 11.3 Å². The number of nitrogen functional groups attached to an aromatic ring is 1. The molecule has 3 N–H and O–H groups in total. The predicted molar refractivity (Wildman–Crippen MR) is 109 cm³/mol. The fourth-order valence-corrected chi connectivity index (χ4v) is 3.40. The second-order valence-electron chi connectivity index (χ2n) is 6.65. The van der Waals surface area contributed by atoms with Gasteiger partial charge < -0.3 is 11.1 Å². The van der Waals surface area contributed by atoms with Crippen molar-refractivity contribution >= 4 is 29.0 Å². The van der Waals surface area contributed by atoms with Crippen LogP contribution in [-0.4, -0.2) is 23.9 Å². The van der Waals surface area contributed by atoms with E-state index in [0.717, 1.165) is 0 Å². The molecule has 0 saturated carbocycles. The minimum absolute atomic E-state index is 0.111. The molecule has 0 amide bonds. The van der Waals surface area contributed by atoms with Gasteiger partial charge in [-0.3, -0.25) is 4.57 Å². The van der Waals surface area contributed by atoms with Crippen LogP contribution in [-0.2, 0) is 6.18 Å². The molecule has 4 aromatic rings. The first-order chi connectivity index (χ1) is 14.7. The Morgan fingerprint density at radius 2 is 1.87 bits per heavy atom. The van der Waals surface area contributed by atoms with E-state index in [-0.39, 0.29) is 16.7 Å². The highest BCUT2D eigenvalue weighted by Gasteiger charge is 2.35. The number of halogens is 4. The summed E-state index contributed by atoms with van der Waals surface area (Å²) in [7, 11) is 0. The Balaban J connectivity index is 1.89. The lowest BCUT2D eigenvalue weighted by Crippen LogP contribution is -2.30. The molecule has 3 aromatic heterocycles. The van der Waals surface area contributed by atoms with E-state index in [2.05, 4.69) is 20.3 Å². The highest BCUT2D eigenvalue weighted by molar-refractivity contribution is 6.29. The number of anilines is 2. The smallest absolute Gasteiger partial charge is 0.368 e. The van der Waals surface area contributed by atoms with E-state index >= 15 is 0 Å². The Kier molecular flexibility index (Phi) is 5.05. The van der Waals surface area contributed by atoms with E-state index in [1.807, 2.05) is 0 Å². The molecule has 0 bridgehead atoms. The monoisotopic (exact) mass is 449 g/mol. The molecular formula is C19H15ClF3N7O. The standard InChI is InChI=1S/C19H15ClF3N7O/c1-10(27-16-12(19(21,22)23)8-26-17(24)28-16)13-7-15-25-9-14(20)30(15)18(31)29(13)11-5-3-2-4-6-11/h2-10H,1H3,(H3,24,26,27,28). The molecule has 0 fully saturated rings. The lowest BCUT2D eigenvalue weighted by Gasteiger charge is -2.22. The number of nitrogens with two attached hydrogens (primary N) is 1. The summed E-state index contributed by atoms with van der Waals surface area (Å²) in [5, 5.41) is 2.81. The van der Waals surface area contributed by atoms with Crippen LogP contribution < -0.4 is 16.7 Å². The minimum atomic E-state index is -4.70. The Bertz CT molecular complexity index is 1320. The van der Waals surface area contributed by atoms with Crippen LogP contribution in [0.2, 0.25) is 5.15 Å². The van der Waals surface area contributed by atoms with E-state index in [1.165, 1.54) is 15.2 Å². The Morgan fingerprint density at radius 1 is 1.16 bits per heavy atom. The first-order valence-corrected chi connectivity index (χ1v) is 9.35. The van der Waals surface area contributed by atoms with Gasteiger partial charge in [0.1, 0.15) is 22.2 Å². The van der Waals surface area contributed by atoms with Crippen molar-refractivity contribution in [2.45, 2.75) is 19.1 Å². The van der Waals surface area contributed by atoms with Gasteiger partial charge in [0.25, 0.3) is 0 Å². The zero-order valence-corrected chi connectivity index (χ0v) is 16.7. The van der Waals surface area contributed by atoms with Gasteiger partial charge in [0.05, 0.1) is 23.6 Å². The van der Waals surface area contributed by atoms with Gasteiger partial charge >= 0.3 is 11.9 Å². The molecular weight excluding hydrogens is 435 g/mol. The van der Waals surface area contributed by atoms with Crippen LogP contribution in [0.1, 0.15) is 24.2 Å². The third-order valence-electron chi connectivity index (χ3n) is 4.59. The minimum Gasteiger partial charge on any atom is -0.368 e. The van der Waals surface area contributed by atoms with Crippen molar-refractivity contribution in [2.75, 3.05) is 11.1 Å². The van der Waals surface area contributed by atoms with Gasteiger partial charge in [-0.15, -0.1) is 0 Å². The first-order valence-electron chi connectivity index (χ1n) is 8.97. The molecule has 0 aliphatic rings. The topological polar surface area (TPSA) is 103 Å². The SMILES string of the molecule is CC(Nc1nc(N)ncc1C(F)(F)F)c1cc2ncc(Cl)n2c(=O)n1-c1ccccc1. The summed E-state index contributed by atoms with van der Waals surface area (Å²) < 4.78 is 42.8. The Morgan fingerprint density at radius 3 is 2.55 bits per heavy atom. The van der Waals surface area contributed by atoms with E-state index in [4.69, 9.17) is 17.3 Å². The highest BCUT2D eigenvalue weighted by Crippen LogP contribution is 2.35. The fourth-order valence-electron chi connectivity index (χ4n) is 3.19. The Labute approximate surface area is 178 Å². The maximum absolute atomic E-state index is 13.4. The van der Waals surface area contributed by atoms with Crippen molar-refractivity contribution in [3.8, 4) is 5.69 Å². The zero-order valence-electron chi connectivity index (χ0n) is 15.9. The number of hydrogen-bond donors (Lipinski definition) is 2. The van der Waals surface area contributed by atoms with Crippen LogP contribution in [0, 0.1) is 0 Å². The summed E-state index contributed by atoms with van der Waals surface area (Å²) in [5.74, 6) is -0.820. The number of rotatable bonds is 4. The average Bonchev–Trinajstić information content (AvgIpc) is 3.08. The summed E-state index contributed by atoms with van der Waals surface area (Å²) in [4.78, 5) is 24.5. The van der Waals surface area contributed by atoms with Crippen molar-refractivity contribution < 1.29 is 13.2 Å². The summed E-state index contributed by atoms with van der Waals surface area (Å²) in [6, 6.07) is 9.39. The van der Waals surface area contributed by atoms with Crippen LogP contribution in [0.4, 0.5) is 24.9 Å². The number of nitrogens with zero attached hydrogens (tertiary/aromatic N) is 5. The van der Waals surface area contributed by atoms with Crippen LogP contribution >= 0.6 is 11.6 Å². The second-order valence-corrected chi connectivity index (χ2v) is 7.04. The maximum Gasteiger partial charge on any atom is 0.421 e. The van der Waals surface area contributed by atoms with Gasteiger partial charge in [0, 0.05) is 12.3 Å². The van der Waals surface area contributed by atoms with Gasteiger partial charge in [0.15, 0.2) is 0 Å². The molecule has 3 heterocycles. The number of nitrogens with one attached hydrogen (secondary N) is 1. The number of para-hydroxylation sites is 1. The average molecular weight is 450 g/mol. The van der Waals surface area contributed by atoms with Crippen LogP contribution in [0.3, 0.4) is 0 Å². The van der Waals surface area contributed by atoms with Crippen LogP contribution in [0.5, 0.6) is 0 Å². The molecule has 8 nitrogen and oxygen atoms in total. The molecule has 1 atom stereocenters. The fraction of sp³-hybridized carbons (Fsp3) is 0.158. The highest BCUT2D eigenvalue weighted by atomic mass is 35.5. The molecule has 0 spiro atoms. The largest absolute Gasteiger partial charge is 0.421 e. The molecule has 12 heteroatoms. The summed E-state index contributed by atoms with van der Waals surface area (Å²) in [5.41, 5.74) is 5.00. The third kappa shape index (κ3) is 3.79. The number of fused-ring (bicyclic) bond motifs is 1. The summed E-state index contributed by atoms with van der Waals surface area (Å²) >= 11 is 6.10. The van der Waals surface area contributed by atoms with Crippen molar-refractivity contribution in [3.63, 3.8) is 0 Å². The van der Waals surface area contributed by atoms with Gasteiger partial charge in [-0.25, -0.2) is 19.2 Å². The van der Waals surface area contributed by atoms with Gasteiger partial charge in [-0.05, 0) is 19.1 Å². The second kappa shape index (κ2) is 7.58. The number of benzene rings is 1. The van der Waals surface area contributed by atoms with Gasteiger partial charge in [-0.2, -0.15) is 18.2 Å². The molecule has 0 saturated heterocycles.